The molecule has 0 N–H and O–H groups in total. The summed E-state index contributed by atoms with van der Waals surface area (Å²) in [5, 5.41) is 12.1. The fourth-order valence-corrected chi connectivity index (χ4v) is 1.45. The number of rotatable bonds is 0. The lowest BCUT2D eigenvalue weighted by Crippen LogP contribution is -2.25. The molecular formula is C9H7NOS. The number of pyridine rings is 1. The first kappa shape index (κ1) is 7.43. The van der Waals surface area contributed by atoms with Crippen LogP contribution in [0, 0.1) is 5.21 Å². The highest BCUT2D eigenvalue weighted by molar-refractivity contribution is 7.80. The third-order valence-electron chi connectivity index (χ3n) is 1.79. The Morgan fingerprint density at radius 2 is 1.92 bits per heavy atom. The van der Waals surface area contributed by atoms with Crippen molar-refractivity contribution in [1.29, 1.82) is 0 Å². The lowest BCUT2D eigenvalue weighted by molar-refractivity contribution is -0.577. The molecule has 0 spiro atoms. The smallest absolute Gasteiger partial charge is 0.224 e. The monoisotopic (exact) mass is 177 g/mol. The average Bonchev–Trinajstić information content (AvgIpc) is 2.12. The second kappa shape index (κ2) is 2.68. The molecular weight excluding hydrogens is 170 g/mol. The van der Waals surface area contributed by atoms with Crippen molar-refractivity contribution >= 4 is 23.5 Å². The molecule has 0 aliphatic heterocycles. The first-order valence-electron chi connectivity index (χ1n) is 3.59. The lowest BCUT2D eigenvalue weighted by Gasteiger charge is -2.01. The van der Waals surface area contributed by atoms with Crippen molar-refractivity contribution < 1.29 is 4.73 Å². The molecule has 0 radical (unpaired) electrons. The molecule has 2 aromatic rings. The van der Waals surface area contributed by atoms with Crippen molar-refractivity contribution in [2.75, 3.05) is 0 Å². The van der Waals surface area contributed by atoms with Gasteiger partial charge in [0, 0.05) is 17.0 Å². The van der Waals surface area contributed by atoms with Crippen molar-refractivity contribution in [3.05, 3.63) is 41.7 Å². The average molecular weight is 177 g/mol. The van der Waals surface area contributed by atoms with Crippen LogP contribution >= 0.6 is 12.6 Å². The molecule has 0 unspecified atom stereocenters. The molecule has 1 aromatic carbocycles. The van der Waals surface area contributed by atoms with Crippen molar-refractivity contribution in [3.8, 4) is 0 Å². The number of para-hydroxylation sites is 1. The number of fused-ring (bicyclic) bond motifs is 1. The van der Waals surface area contributed by atoms with Crippen LogP contribution in [-0.2, 0) is 0 Å². The van der Waals surface area contributed by atoms with E-state index >= 15 is 0 Å². The standard InChI is InChI=1S/C9H7NOS/c11-10-6-5-9(12)7-3-1-2-4-8(7)10/h1-6,12H. The molecule has 60 valence electrons. The van der Waals surface area contributed by atoms with E-state index in [0.29, 0.717) is 5.52 Å². The number of nitrogens with zero attached hydrogens (tertiary/aromatic N) is 1. The van der Waals surface area contributed by atoms with Gasteiger partial charge in [0.1, 0.15) is 0 Å². The molecule has 0 fully saturated rings. The highest BCUT2D eigenvalue weighted by Crippen LogP contribution is 2.17. The zero-order chi connectivity index (χ0) is 8.55. The Kier molecular flexibility index (Phi) is 1.66. The van der Waals surface area contributed by atoms with Crippen LogP contribution in [0.5, 0.6) is 0 Å². The molecule has 12 heavy (non-hydrogen) atoms. The van der Waals surface area contributed by atoms with Gasteiger partial charge in [-0.2, -0.15) is 4.73 Å². The number of benzene rings is 1. The number of hydrogen-bond donors (Lipinski definition) is 1. The molecule has 0 saturated carbocycles. The zero-order valence-electron chi connectivity index (χ0n) is 6.27. The van der Waals surface area contributed by atoms with E-state index < -0.39 is 0 Å². The fourth-order valence-electron chi connectivity index (χ4n) is 1.19. The molecule has 0 aliphatic carbocycles. The normalized spacial score (nSPS) is 10.4. The van der Waals surface area contributed by atoms with Gasteiger partial charge in [-0.05, 0) is 6.07 Å². The SMILES string of the molecule is [O-][n+]1ccc(S)c2ccccc21. The Labute approximate surface area is 75.4 Å². The number of hydrogen-bond acceptors (Lipinski definition) is 2. The van der Waals surface area contributed by atoms with Crippen LogP contribution < -0.4 is 4.73 Å². The first-order chi connectivity index (χ1) is 5.79. The summed E-state index contributed by atoms with van der Waals surface area (Å²) in [5.74, 6) is 0. The van der Waals surface area contributed by atoms with E-state index in [9.17, 15) is 5.21 Å². The minimum atomic E-state index is 0.657. The van der Waals surface area contributed by atoms with Gasteiger partial charge < -0.3 is 5.21 Å². The van der Waals surface area contributed by atoms with Gasteiger partial charge in [-0.15, -0.1) is 12.6 Å². The highest BCUT2D eigenvalue weighted by Gasteiger charge is 2.03. The Morgan fingerprint density at radius 1 is 1.17 bits per heavy atom. The molecule has 0 saturated heterocycles. The zero-order valence-corrected chi connectivity index (χ0v) is 7.16. The van der Waals surface area contributed by atoms with Crippen molar-refractivity contribution in [2.45, 2.75) is 4.90 Å². The summed E-state index contributed by atoms with van der Waals surface area (Å²) < 4.78 is 0.842. The Balaban J connectivity index is 2.95. The van der Waals surface area contributed by atoms with Crippen LogP contribution in [0.3, 0.4) is 0 Å². The predicted molar refractivity (Wildman–Crippen MR) is 50.2 cm³/mol. The summed E-state index contributed by atoms with van der Waals surface area (Å²) in [6.45, 7) is 0. The van der Waals surface area contributed by atoms with Crippen LogP contribution in [0.2, 0.25) is 0 Å². The number of aromatic nitrogens is 1. The third-order valence-corrected chi connectivity index (χ3v) is 2.18. The Bertz CT molecular complexity index is 387. The van der Waals surface area contributed by atoms with Gasteiger partial charge in [-0.1, -0.05) is 12.1 Å². The van der Waals surface area contributed by atoms with Gasteiger partial charge in [0.2, 0.25) is 5.52 Å². The third kappa shape index (κ3) is 1.02. The van der Waals surface area contributed by atoms with Gasteiger partial charge in [0.15, 0.2) is 6.20 Å². The Hall–Kier alpha value is -1.22. The van der Waals surface area contributed by atoms with E-state index in [0.717, 1.165) is 15.0 Å². The van der Waals surface area contributed by atoms with Crippen LogP contribution in [0.1, 0.15) is 0 Å². The van der Waals surface area contributed by atoms with Crippen LogP contribution in [0.25, 0.3) is 10.9 Å². The minimum absolute atomic E-state index is 0.657. The van der Waals surface area contributed by atoms with Crippen molar-refractivity contribution in [1.82, 2.24) is 0 Å². The second-order valence-electron chi connectivity index (χ2n) is 2.54. The van der Waals surface area contributed by atoms with Crippen molar-refractivity contribution in [2.24, 2.45) is 0 Å². The summed E-state index contributed by atoms with van der Waals surface area (Å²) in [7, 11) is 0. The van der Waals surface area contributed by atoms with E-state index in [2.05, 4.69) is 12.6 Å². The first-order valence-corrected chi connectivity index (χ1v) is 4.03. The fraction of sp³-hybridized carbons (Fsp3) is 0. The van der Waals surface area contributed by atoms with E-state index in [4.69, 9.17) is 0 Å². The predicted octanol–water partition coefficient (Wildman–Crippen LogP) is 1.76. The maximum Gasteiger partial charge on any atom is 0.224 e. The second-order valence-corrected chi connectivity index (χ2v) is 3.03. The lowest BCUT2D eigenvalue weighted by atomic mass is 10.2. The summed E-state index contributed by atoms with van der Waals surface area (Å²) in [5.41, 5.74) is 0.657. The molecule has 0 atom stereocenters. The van der Waals surface area contributed by atoms with Gasteiger partial charge in [-0.3, -0.25) is 0 Å². The van der Waals surface area contributed by atoms with Gasteiger partial charge >= 0.3 is 0 Å². The molecule has 0 amide bonds. The molecule has 0 bridgehead atoms. The maximum atomic E-state index is 11.2. The molecule has 0 aliphatic rings. The van der Waals surface area contributed by atoms with E-state index in [-0.39, 0.29) is 0 Å². The topological polar surface area (TPSA) is 26.9 Å². The van der Waals surface area contributed by atoms with E-state index in [1.807, 2.05) is 18.2 Å². The highest BCUT2D eigenvalue weighted by atomic mass is 32.1. The van der Waals surface area contributed by atoms with Crippen LogP contribution in [0.4, 0.5) is 0 Å². The minimum Gasteiger partial charge on any atom is -0.618 e. The molecule has 2 nitrogen and oxygen atoms in total. The summed E-state index contributed by atoms with van der Waals surface area (Å²) in [6, 6.07) is 9.08. The van der Waals surface area contributed by atoms with Gasteiger partial charge in [0.05, 0.1) is 5.39 Å². The maximum absolute atomic E-state index is 11.2. The summed E-state index contributed by atoms with van der Waals surface area (Å²) in [6.07, 6.45) is 1.46. The van der Waals surface area contributed by atoms with Gasteiger partial charge in [0.25, 0.3) is 0 Å². The molecule has 1 aromatic heterocycles. The van der Waals surface area contributed by atoms with Crippen LogP contribution in [-0.4, -0.2) is 0 Å². The summed E-state index contributed by atoms with van der Waals surface area (Å²) in [4.78, 5) is 0.831. The van der Waals surface area contributed by atoms with E-state index in [1.165, 1.54) is 6.20 Å². The summed E-state index contributed by atoms with van der Waals surface area (Å²) >= 11 is 4.25. The van der Waals surface area contributed by atoms with E-state index in [1.54, 1.807) is 12.1 Å². The number of thiol groups is 1. The molecule has 2 rings (SSSR count). The van der Waals surface area contributed by atoms with Crippen molar-refractivity contribution in [3.63, 3.8) is 0 Å². The molecule has 3 heteroatoms. The quantitative estimate of drug-likeness (QED) is 0.370. The van der Waals surface area contributed by atoms with Gasteiger partial charge in [-0.25, -0.2) is 0 Å². The molecule has 1 heterocycles. The Morgan fingerprint density at radius 3 is 2.67 bits per heavy atom. The largest absolute Gasteiger partial charge is 0.618 e. The van der Waals surface area contributed by atoms with Crippen LogP contribution in [0.15, 0.2) is 41.4 Å².